The van der Waals surface area contributed by atoms with E-state index in [1.165, 1.54) is 6.21 Å². The molecule has 0 atom stereocenters. The molecule has 4 nitrogen and oxygen atoms in total. The minimum atomic E-state index is -0.404. The molecular formula is C14H11NO3. The molecule has 0 bridgehead atoms. The number of carbonyl (C=O) groups excluding carboxylic acids is 1. The van der Waals surface area contributed by atoms with Gasteiger partial charge in [-0.25, -0.2) is 4.79 Å². The SMILES string of the molecule is O=C(Oc1ccc(C=NO)cc1)c1ccccc1. The second kappa shape index (κ2) is 5.63. The number of carbonyl (C=O) groups is 1. The van der Waals surface area contributed by atoms with Gasteiger partial charge in [0, 0.05) is 0 Å². The second-order valence-electron chi connectivity index (χ2n) is 3.57. The largest absolute Gasteiger partial charge is 0.423 e. The standard InChI is InChI=1S/C14H11NO3/c16-14(12-4-2-1-3-5-12)18-13-8-6-11(7-9-13)10-15-17/h1-10,17H. The number of nitrogens with zero attached hydrogens (tertiary/aromatic N) is 1. The Morgan fingerprint density at radius 3 is 2.33 bits per heavy atom. The Labute approximate surface area is 104 Å². The normalized spacial score (nSPS) is 10.4. The van der Waals surface area contributed by atoms with Gasteiger partial charge in [0.05, 0.1) is 11.8 Å². The lowest BCUT2D eigenvalue weighted by Crippen LogP contribution is -2.07. The number of hydrogen-bond donors (Lipinski definition) is 1. The molecule has 18 heavy (non-hydrogen) atoms. The van der Waals surface area contributed by atoms with Gasteiger partial charge in [0.15, 0.2) is 0 Å². The molecule has 0 saturated carbocycles. The van der Waals surface area contributed by atoms with Gasteiger partial charge in [0.2, 0.25) is 0 Å². The van der Waals surface area contributed by atoms with E-state index in [-0.39, 0.29) is 0 Å². The summed E-state index contributed by atoms with van der Waals surface area (Å²) in [5, 5.41) is 11.3. The summed E-state index contributed by atoms with van der Waals surface area (Å²) >= 11 is 0. The van der Waals surface area contributed by atoms with Crippen molar-refractivity contribution in [3.05, 3.63) is 65.7 Å². The van der Waals surface area contributed by atoms with Crippen molar-refractivity contribution in [2.24, 2.45) is 5.16 Å². The molecule has 4 heteroatoms. The predicted octanol–water partition coefficient (Wildman–Crippen LogP) is 2.71. The van der Waals surface area contributed by atoms with Gasteiger partial charge < -0.3 is 9.94 Å². The molecule has 0 aliphatic heterocycles. The maximum Gasteiger partial charge on any atom is 0.343 e. The van der Waals surface area contributed by atoms with Gasteiger partial charge >= 0.3 is 5.97 Å². The molecule has 0 aliphatic rings. The van der Waals surface area contributed by atoms with E-state index in [2.05, 4.69) is 5.16 Å². The third-order valence-corrected chi connectivity index (χ3v) is 2.31. The number of benzene rings is 2. The van der Waals surface area contributed by atoms with Gasteiger partial charge in [0.25, 0.3) is 0 Å². The molecule has 0 amide bonds. The molecule has 0 fully saturated rings. The minimum absolute atomic E-state index is 0.404. The van der Waals surface area contributed by atoms with Crippen LogP contribution in [0.5, 0.6) is 5.75 Å². The Hall–Kier alpha value is -2.62. The Bertz CT molecular complexity index is 547. The number of rotatable bonds is 3. The molecule has 2 rings (SSSR count). The molecule has 0 unspecified atom stereocenters. The highest BCUT2D eigenvalue weighted by atomic mass is 16.5. The summed E-state index contributed by atoms with van der Waals surface area (Å²) in [5.74, 6) is 0.0399. The van der Waals surface area contributed by atoms with E-state index in [1.54, 1.807) is 48.5 Å². The molecular weight excluding hydrogens is 230 g/mol. The van der Waals surface area contributed by atoms with Crippen molar-refractivity contribution < 1.29 is 14.7 Å². The number of ether oxygens (including phenoxy) is 1. The van der Waals surface area contributed by atoms with E-state index in [9.17, 15) is 4.79 Å². The summed E-state index contributed by atoms with van der Waals surface area (Å²) in [7, 11) is 0. The average Bonchev–Trinajstić information content (AvgIpc) is 2.42. The first-order chi connectivity index (χ1) is 8.79. The highest BCUT2D eigenvalue weighted by Crippen LogP contribution is 2.13. The maximum atomic E-state index is 11.7. The Kier molecular flexibility index (Phi) is 3.71. The smallest absolute Gasteiger partial charge is 0.343 e. The fourth-order valence-electron chi connectivity index (χ4n) is 1.43. The first-order valence-corrected chi connectivity index (χ1v) is 5.34. The summed E-state index contributed by atoms with van der Waals surface area (Å²) in [6.07, 6.45) is 1.29. The Morgan fingerprint density at radius 1 is 1.06 bits per heavy atom. The van der Waals surface area contributed by atoms with Crippen LogP contribution in [0.4, 0.5) is 0 Å². The van der Waals surface area contributed by atoms with Crippen LogP contribution in [0.25, 0.3) is 0 Å². The first kappa shape index (κ1) is 11.9. The maximum absolute atomic E-state index is 11.7. The monoisotopic (exact) mass is 241 g/mol. The van der Waals surface area contributed by atoms with Crippen LogP contribution in [0, 0.1) is 0 Å². The zero-order chi connectivity index (χ0) is 12.8. The average molecular weight is 241 g/mol. The third-order valence-electron chi connectivity index (χ3n) is 2.31. The topological polar surface area (TPSA) is 58.9 Å². The van der Waals surface area contributed by atoms with Gasteiger partial charge in [-0.05, 0) is 42.0 Å². The molecule has 2 aromatic carbocycles. The van der Waals surface area contributed by atoms with Crippen molar-refractivity contribution in [3.8, 4) is 5.75 Å². The predicted molar refractivity (Wildman–Crippen MR) is 67.2 cm³/mol. The number of esters is 1. The van der Waals surface area contributed by atoms with Gasteiger partial charge in [-0.3, -0.25) is 0 Å². The molecule has 90 valence electrons. The molecule has 0 aliphatic carbocycles. The van der Waals surface area contributed by atoms with Crippen molar-refractivity contribution in [1.82, 2.24) is 0 Å². The fraction of sp³-hybridized carbons (Fsp3) is 0. The number of hydrogen-bond acceptors (Lipinski definition) is 4. The first-order valence-electron chi connectivity index (χ1n) is 5.34. The van der Waals surface area contributed by atoms with E-state index in [0.717, 1.165) is 5.56 Å². The van der Waals surface area contributed by atoms with Gasteiger partial charge in [-0.15, -0.1) is 0 Å². The molecule has 0 aromatic heterocycles. The van der Waals surface area contributed by atoms with Gasteiger partial charge in [0.1, 0.15) is 5.75 Å². The Balaban J connectivity index is 2.08. The van der Waals surface area contributed by atoms with Crippen molar-refractivity contribution in [2.75, 3.05) is 0 Å². The lowest BCUT2D eigenvalue weighted by molar-refractivity contribution is 0.0735. The van der Waals surface area contributed by atoms with E-state index in [0.29, 0.717) is 11.3 Å². The molecule has 1 N–H and O–H groups in total. The summed E-state index contributed by atoms with van der Waals surface area (Å²) in [6, 6.07) is 15.4. The molecule has 2 aromatic rings. The van der Waals surface area contributed by atoms with Crippen LogP contribution in [0.2, 0.25) is 0 Å². The van der Waals surface area contributed by atoms with Crippen LogP contribution < -0.4 is 4.74 Å². The molecule has 0 spiro atoms. The molecule has 0 saturated heterocycles. The van der Waals surface area contributed by atoms with Crippen molar-refractivity contribution in [1.29, 1.82) is 0 Å². The molecule has 0 radical (unpaired) electrons. The van der Waals surface area contributed by atoms with Crippen molar-refractivity contribution in [3.63, 3.8) is 0 Å². The lowest BCUT2D eigenvalue weighted by atomic mass is 10.2. The molecule has 0 heterocycles. The van der Waals surface area contributed by atoms with Crippen LogP contribution in [-0.2, 0) is 0 Å². The summed E-state index contributed by atoms with van der Waals surface area (Å²) < 4.78 is 5.19. The fourth-order valence-corrected chi connectivity index (χ4v) is 1.43. The third kappa shape index (κ3) is 2.95. The zero-order valence-electron chi connectivity index (χ0n) is 9.48. The van der Waals surface area contributed by atoms with Crippen LogP contribution in [0.1, 0.15) is 15.9 Å². The van der Waals surface area contributed by atoms with E-state index < -0.39 is 5.97 Å². The van der Waals surface area contributed by atoms with Crippen LogP contribution >= 0.6 is 0 Å². The second-order valence-corrected chi connectivity index (χ2v) is 3.57. The van der Waals surface area contributed by atoms with Crippen LogP contribution in [0.15, 0.2) is 59.8 Å². The van der Waals surface area contributed by atoms with Crippen LogP contribution in [-0.4, -0.2) is 17.4 Å². The number of oxime groups is 1. The van der Waals surface area contributed by atoms with E-state index in [1.807, 2.05) is 6.07 Å². The quantitative estimate of drug-likeness (QED) is 0.295. The van der Waals surface area contributed by atoms with E-state index in [4.69, 9.17) is 9.94 Å². The highest BCUT2D eigenvalue weighted by molar-refractivity contribution is 5.91. The van der Waals surface area contributed by atoms with Gasteiger partial charge in [-0.1, -0.05) is 23.4 Å². The van der Waals surface area contributed by atoms with Crippen molar-refractivity contribution in [2.45, 2.75) is 0 Å². The summed E-state index contributed by atoms with van der Waals surface area (Å²) in [4.78, 5) is 11.7. The van der Waals surface area contributed by atoms with E-state index >= 15 is 0 Å². The summed E-state index contributed by atoms with van der Waals surface area (Å²) in [6.45, 7) is 0. The highest BCUT2D eigenvalue weighted by Gasteiger charge is 2.07. The van der Waals surface area contributed by atoms with Crippen LogP contribution in [0.3, 0.4) is 0 Å². The Morgan fingerprint density at radius 2 is 1.72 bits per heavy atom. The summed E-state index contributed by atoms with van der Waals surface area (Å²) in [5.41, 5.74) is 1.22. The zero-order valence-corrected chi connectivity index (χ0v) is 9.48. The lowest BCUT2D eigenvalue weighted by Gasteiger charge is -2.04. The van der Waals surface area contributed by atoms with Crippen molar-refractivity contribution >= 4 is 12.2 Å². The van der Waals surface area contributed by atoms with Gasteiger partial charge in [-0.2, -0.15) is 0 Å². The minimum Gasteiger partial charge on any atom is -0.423 e.